The number of carboxylic acids is 1. The van der Waals surface area contributed by atoms with E-state index in [0.717, 1.165) is 5.75 Å². The number of carbonyl (C=O) groups is 2. The van der Waals surface area contributed by atoms with Crippen LogP contribution in [0.15, 0.2) is 36.5 Å². The van der Waals surface area contributed by atoms with Gasteiger partial charge >= 0.3 is 5.97 Å². The van der Waals surface area contributed by atoms with Gasteiger partial charge in [0.15, 0.2) is 5.69 Å². The molecule has 1 heterocycles. The number of aromatic carboxylic acids is 1. The van der Waals surface area contributed by atoms with Gasteiger partial charge in [-0.05, 0) is 18.6 Å². The Morgan fingerprint density at radius 2 is 2.04 bits per heavy atom. The molecule has 0 fully saturated rings. The van der Waals surface area contributed by atoms with Crippen LogP contribution in [0.5, 0.6) is 5.75 Å². The van der Waals surface area contributed by atoms with Gasteiger partial charge in [0.1, 0.15) is 12.3 Å². The Balaban J connectivity index is 1.71. The number of para-hydroxylation sites is 1. The first-order chi connectivity index (χ1) is 11.1. The number of aromatic nitrogens is 3. The summed E-state index contributed by atoms with van der Waals surface area (Å²) in [5.74, 6) is -0.549. The highest BCUT2D eigenvalue weighted by Gasteiger charge is 2.13. The molecule has 0 aliphatic rings. The summed E-state index contributed by atoms with van der Waals surface area (Å²) in [5, 5.41) is 15.8. The summed E-state index contributed by atoms with van der Waals surface area (Å²) >= 11 is 0. The first kappa shape index (κ1) is 16.5. The van der Waals surface area contributed by atoms with Crippen LogP contribution >= 0.6 is 0 Å². The van der Waals surface area contributed by atoms with Gasteiger partial charge in [-0.25, -0.2) is 9.48 Å². The van der Waals surface area contributed by atoms with Crippen LogP contribution in [0, 0.1) is 0 Å². The topological polar surface area (TPSA) is 97.5 Å². The van der Waals surface area contributed by atoms with Crippen molar-refractivity contribution in [2.45, 2.75) is 13.0 Å². The van der Waals surface area contributed by atoms with Gasteiger partial charge in [-0.15, -0.1) is 5.10 Å². The number of rotatable bonds is 8. The molecule has 0 spiro atoms. The van der Waals surface area contributed by atoms with E-state index in [-0.39, 0.29) is 18.1 Å². The van der Waals surface area contributed by atoms with Crippen molar-refractivity contribution >= 4 is 11.9 Å². The Morgan fingerprint density at radius 3 is 2.70 bits per heavy atom. The van der Waals surface area contributed by atoms with Crippen LogP contribution in [0.3, 0.4) is 0 Å². The molecule has 1 aromatic carbocycles. The molecule has 1 N–H and O–H groups in total. The zero-order valence-corrected chi connectivity index (χ0v) is 12.8. The molecular weight excluding hydrogens is 300 g/mol. The second-order valence-electron chi connectivity index (χ2n) is 4.94. The molecule has 0 atom stereocenters. The van der Waals surface area contributed by atoms with Crippen molar-refractivity contribution in [3.8, 4) is 5.75 Å². The summed E-state index contributed by atoms with van der Waals surface area (Å²) in [6.07, 6.45) is 1.92. The van der Waals surface area contributed by atoms with E-state index in [1.165, 1.54) is 10.9 Å². The minimum Gasteiger partial charge on any atom is -0.494 e. The number of ether oxygens (including phenoxy) is 1. The lowest BCUT2D eigenvalue weighted by Crippen LogP contribution is -2.32. The molecule has 0 aliphatic heterocycles. The van der Waals surface area contributed by atoms with Gasteiger partial charge in [0.05, 0.1) is 12.8 Å². The highest BCUT2D eigenvalue weighted by atomic mass is 16.5. The van der Waals surface area contributed by atoms with Gasteiger partial charge < -0.3 is 14.7 Å². The van der Waals surface area contributed by atoms with E-state index in [1.54, 1.807) is 11.9 Å². The zero-order valence-electron chi connectivity index (χ0n) is 12.8. The van der Waals surface area contributed by atoms with Crippen molar-refractivity contribution < 1.29 is 19.4 Å². The van der Waals surface area contributed by atoms with Gasteiger partial charge in [-0.1, -0.05) is 23.4 Å². The number of carbonyl (C=O) groups excluding carboxylic acids is 1. The van der Waals surface area contributed by atoms with Crippen LogP contribution in [-0.4, -0.2) is 57.1 Å². The van der Waals surface area contributed by atoms with E-state index in [1.807, 2.05) is 30.3 Å². The Hall–Kier alpha value is -2.90. The molecular formula is C15H18N4O4. The fourth-order valence-electron chi connectivity index (χ4n) is 1.87. The van der Waals surface area contributed by atoms with Crippen molar-refractivity contribution in [3.05, 3.63) is 42.2 Å². The molecule has 0 saturated heterocycles. The molecule has 8 nitrogen and oxygen atoms in total. The molecule has 0 unspecified atom stereocenters. The SMILES string of the molecule is CN(CCCOc1ccccc1)C(=O)Cn1cc(C(=O)O)nn1. The standard InChI is InChI=1S/C15H18N4O4/c1-18(8-5-9-23-12-6-3-2-4-7-12)14(20)11-19-10-13(15(21)22)16-17-19/h2-4,6-7,10H,5,8-9,11H2,1H3,(H,21,22). The van der Waals surface area contributed by atoms with Crippen molar-refractivity contribution in [2.24, 2.45) is 0 Å². The summed E-state index contributed by atoms with van der Waals surface area (Å²) in [5.41, 5.74) is -0.184. The summed E-state index contributed by atoms with van der Waals surface area (Å²) in [7, 11) is 1.68. The molecule has 0 bridgehead atoms. The predicted octanol–water partition coefficient (Wildman–Crippen LogP) is 0.904. The maximum atomic E-state index is 12.0. The average molecular weight is 318 g/mol. The second-order valence-corrected chi connectivity index (χ2v) is 4.94. The summed E-state index contributed by atoms with van der Waals surface area (Å²) in [6, 6.07) is 9.46. The largest absolute Gasteiger partial charge is 0.494 e. The highest BCUT2D eigenvalue weighted by molar-refractivity contribution is 5.84. The number of carboxylic acid groups (broad SMARTS) is 1. The Bertz CT molecular complexity index is 657. The third kappa shape index (κ3) is 5.10. The summed E-state index contributed by atoms with van der Waals surface area (Å²) in [6.45, 7) is 0.997. The molecule has 122 valence electrons. The van der Waals surface area contributed by atoms with E-state index in [4.69, 9.17) is 9.84 Å². The van der Waals surface area contributed by atoms with E-state index in [9.17, 15) is 9.59 Å². The average Bonchev–Trinajstić information content (AvgIpc) is 3.01. The van der Waals surface area contributed by atoms with Crippen molar-refractivity contribution in [1.29, 1.82) is 0 Å². The Morgan fingerprint density at radius 1 is 1.30 bits per heavy atom. The van der Waals surface area contributed by atoms with E-state index < -0.39 is 5.97 Å². The quantitative estimate of drug-likeness (QED) is 0.726. The lowest BCUT2D eigenvalue weighted by molar-refractivity contribution is -0.130. The summed E-state index contributed by atoms with van der Waals surface area (Å²) in [4.78, 5) is 24.3. The van der Waals surface area contributed by atoms with Gasteiger partial charge in [0.25, 0.3) is 0 Å². The molecule has 0 radical (unpaired) electrons. The number of hydrogen-bond donors (Lipinski definition) is 1. The third-order valence-corrected chi connectivity index (χ3v) is 3.13. The molecule has 1 amide bonds. The van der Waals surface area contributed by atoms with E-state index >= 15 is 0 Å². The molecule has 0 saturated carbocycles. The van der Waals surface area contributed by atoms with E-state index in [2.05, 4.69) is 10.3 Å². The monoisotopic (exact) mass is 318 g/mol. The van der Waals surface area contributed by atoms with Crippen LogP contribution < -0.4 is 4.74 Å². The van der Waals surface area contributed by atoms with Gasteiger partial charge in [-0.2, -0.15) is 0 Å². The first-order valence-electron chi connectivity index (χ1n) is 7.11. The Kier molecular flexibility index (Phi) is 5.67. The van der Waals surface area contributed by atoms with Crippen LogP contribution in [0.25, 0.3) is 0 Å². The fourth-order valence-corrected chi connectivity index (χ4v) is 1.87. The predicted molar refractivity (Wildman–Crippen MR) is 81.2 cm³/mol. The lowest BCUT2D eigenvalue weighted by Gasteiger charge is -2.17. The Labute approximate surface area is 133 Å². The van der Waals surface area contributed by atoms with Crippen LogP contribution in [0.1, 0.15) is 16.9 Å². The van der Waals surface area contributed by atoms with Gasteiger partial charge in [0, 0.05) is 13.6 Å². The van der Waals surface area contributed by atoms with Gasteiger partial charge in [-0.3, -0.25) is 4.79 Å². The third-order valence-electron chi connectivity index (χ3n) is 3.13. The molecule has 23 heavy (non-hydrogen) atoms. The summed E-state index contributed by atoms with van der Waals surface area (Å²) < 4.78 is 6.76. The van der Waals surface area contributed by atoms with Crippen molar-refractivity contribution in [3.63, 3.8) is 0 Å². The number of benzene rings is 1. The minimum absolute atomic E-state index is 0.0453. The lowest BCUT2D eigenvalue weighted by atomic mass is 10.3. The maximum absolute atomic E-state index is 12.0. The molecule has 1 aromatic heterocycles. The molecule has 8 heteroatoms. The molecule has 2 aromatic rings. The molecule has 0 aliphatic carbocycles. The molecule has 2 rings (SSSR count). The van der Waals surface area contributed by atoms with Crippen LogP contribution in [-0.2, 0) is 11.3 Å². The maximum Gasteiger partial charge on any atom is 0.358 e. The van der Waals surface area contributed by atoms with Crippen LogP contribution in [0.4, 0.5) is 0 Å². The fraction of sp³-hybridized carbons (Fsp3) is 0.333. The van der Waals surface area contributed by atoms with Gasteiger partial charge in [0.2, 0.25) is 5.91 Å². The smallest absolute Gasteiger partial charge is 0.358 e. The van der Waals surface area contributed by atoms with Crippen molar-refractivity contribution in [1.82, 2.24) is 19.9 Å². The van der Waals surface area contributed by atoms with Crippen molar-refractivity contribution in [2.75, 3.05) is 20.2 Å². The number of hydrogen-bond acceptors (Lipinski definition) is 5. The normalized spacial score (nSPS) is 10.3. The number of amides is 1. The number of likely N-dealkylation sites (N-methyl/N-ethyl adjacent to an activating group) is 1. The second kappa shape index (κ2) is 7.92. The van der Waals surface area contributed by atoms with E-state index in [0.29, 0.717) is 19.6 Å². The zero-order chi connectivity index (χ0) is 16.7. The first-order valence-corrected chi connectivity index (χ1v) is 7.11. The minimum atomic E-state index is -1.17. The number of nitrogens with zero attached hydrogens (tertiary/aromatic N) is 4. The van der Waals surface area contributed by atoms with Crippen LogP contribution in [0.2, 0.25) is 0 Å². The highest BCUT2D eigenvalue weighted by Crippen LogP contribution is 2.08.